The molecule has 2 amide bonds. The Hall–Kier alpha value is -1.71. The Bertz CT molecular complexity index is 528. The molecule has 4 nitrogen and oxygen atoms in total. The summed E-state index contributed by atoms with van der Waals surface area (Å²) in [5.41, 5.74) is 3.41. The van der Waals surface area contributed by atoms with Crippen molar-refractivity contribution in [3.05, 3.63) is 28.8 Å². The van der Waals surface area contributed by atoms with Gasteiger partial charge in [-0.3, -0.25) is 0 Å². The maximum Gasteiger partial charge on any atom is 0.317 e. The molecule has 4 heteroatoms. The first-order chi connectivity index (χ1) is 10.5. The van der Waals surface area contributed by atoms with E-state index in [4.69, 9.17) is 4.74 Å². The van der Waals surface area contributed by atoms with Crippen molar-refractivity contribution in [3.63, 3.8) is 0 Å². The van der Waals surface area contributed by atoms with Crippen molar-refractivity contribution >= 4 is 6.03 Å². The molecule has 1 aromatic rings. The van der Waals surface area contributed by atoms with E-state index in [-0.39, 0.29) is 18.8 Å². The number of nitrogens with one attached hydrogen (secondary N) is 2. The van der Waals surface area contributed by atoms with Gasteiger partial charge in [0.2, 0.25) is 0 Å². The molecule has 1 aromatic carbocycles. The van der Waals surface area contributed by atoms with E-state index in [9.17, 15) is 4.79 Å². The molecule has 1 saturated carbocycles. The van der Waals surface area contributed by atoms with E-state index in [1.807, 2.05) is 19.9 Å². The third kappa shape index (κ3) is 4.15. The number of aryl methyl sites for hydroxylation is 2. The van der Waals surface area contributed by atoms with Crippen LogP contribution in [0, 0.1) is 26.7 Å². The highest BCUT2D eigenvalue weighted by Gasteiger charge is 2.22. The van der Waals surface area contributed by atoms with Gasteiger partial charge in [0.1, 0.15) is 5.75 Å². The van der Waals surface area contributed by atoms with E-state index in [1.54, 1.807) is 0 Å². The second kappa shape index (κ2) is 7.52. The van der Waals surface area contributed by atoms with Crippen LogP contribution in [0.4, 0.5) is 4.79 Å². The molecular weight excluding hydrogens is 276 g/mol. The van der Waals surface area contributed by atoms with Gasteiger partial charge in [-0.05, 0) is 56.2 Å². The number of ether oxygens (including phenoxy) is 1. The first kappa shape index (κ1) is 16.7. The molecule has 0 aromatic heterocycles. The van der Waals surface area contributed by atoms with Crippen molar-refractivity contribution in [2.24, 2.45) is 5.92 Å². The van der Waals surface area contributed by atoms with Gasteiger partial charge in [0, 0.05) is 6.04 Å². The maximum absolute atomic E-state index is 12.0. The number of rotatable bonds is 4. The number of urea groups is 1. The Kier molecular flexibility index (Phi) is 5.69. The van der Waals surface area contributed by atoms with Crippen LogP contribution in [0.25, 0.3) is 0 Å². The van der Waals surface area contributed by atoms with Crippen LogP contribution >= 0.6 is 0 Å². The van der Waals surface area contributed by atoms with Crippen molar-refractivity contribution in [1.82, 2.24) is 10.6 Å². The van der Waals surface area contributed by atoms with Crippen LogP contribution in [-0.4, -0.2) is 18.8 Å². The quantitative estimate of drug-likeness (QED) is 0.831. The van der Waals surface area contributed by atoms with Gasteiger partial charge in [-0.25, -0.2) is 4.79 Å². The lowest BCUT2D eigenvalue weighted by Gasteiger charge is -2.29. The monoisotopic (exact) mass is 304 g/mol. The van der Waals surface area contributed by atoms with Crippen LogP contribution in [-0.2, 0) is 0 Å². The third-order valence-corrected chi connectivity index (χ3v) is 4.75. The normalized spacial score (nSPS) is 21.3. The summed E-state index contributed by atoms with van der Waals surface area (Å²) in [6, 6.07) is 4.28. The Morgan fingerprint density at radius 3 is 2.59 bits per heavy atom. The molecule has 0 spiro atoms. The van der Waals surface area contributed by atoms with Crippen molar-refractivity contribution in [1.29, 1.82) is 0 Å². The maximum atomic E-state index is 12.0. The van der Waals surface area contributed by atoms with Gasteiger partial charge >= 0.3 is 6.03 Å². The highest BCUT2D eigenvalue weighted by molar-refractivity contribution is 5.74. The fraction of sp³-hybridized carbons (Fsp3) is 0.611. The average Bonchev–Trinajstić information content (AvgIpc) is 2.49. The minimum atomic E-state index is -0.137. The second-order valence-corrected chi connectivity index (χ2v) is 6.46. The summed E-state index contributed by atoms with van der Waals surface area (Å²) in [4.78, 5) is 12.0. The van der Waals surface area contributed by atoms with Gasteiger partial charge in [-0.1, -0.05) is 31.9 Å². The van der Waals surface area contributed by atoms with E-state index < -0.39 is 0 Å². The molecule has 122 valence electrons. The summed E-state index contributed by atoms with van der Waals surface area (Å²) in [5.74, 6) is 1.42. The zero-order valence-electron chi connectivity index (χ0n) is 14.2. The van der Waals surface area contributed by atoms with E-state index in [2.05, 4.69) is 30.5 Å². The predicted molar refractivity (Wildman–Crippen MR) is 89.2 cm³/mol. The first-order valence-electron chi connectivity index (χ1n) is 8.23. The molecule has 22 heavy (non-hydrogen) atoms. The van der Waals surface area contributed by atoms with Gasteiger partial charge in [0.25, 0.3) is 0 Å². The summed E-state index contributed by atoms with van der Waals surface area (Å²) in [6.07, 6.45) is 4.75. The van der Waals surface area contributed by atoms with Crippen molar-refractivity contribution in [2.45, 2.75) is 59.4 Å². The number of hydrogen-bond acceptors (Lipinski definition) is 2. The summed E-state index contributed by atoms with van der Waals surface area (Å²) >= 11 is 0. The lowest BCUT2D eigenvalue weighted by molar-refractivity contribution is 0.208. The number of carbonyl (C=O) groups is 1. The van der Waals surface area contributed by atoms with E-state index in [0.717, 1.165) is 23.3 Å². The fourth-order valence-corrected chi connectivity index (χ4v) is 3.07. The molecule has 0 radical (unpaired) electrons. The van der Waals surface area contributed by atoms with Crippen LogP contribution in [0.2, 0.25) is 0 Å². The van der Waals surface area contributed by atoms with Crippen LogP contribution in [0.15, 0.2) is 12.1 Å². The molecule has 1 fully saturated rings. The number of hydrogen-bond donors (Lipinski definition) is 2. The topological polar surface area (TPSA) is 50.4 Å². The Labute approximate surface area is 133 Å². The summed E-state index contributed by atoms with van der Waals surface area (Å²) < 4.78 is 5.76. The third-order valence-electron chi connectivity index (χ3n) is 4.75. The zero-order chi connectivity index (χ0) is 16.1. The van der Waals surface area contributed by atoms with E-state index >= 15 is 0 Å². The number of benzene rings is 1. The van der Waals surface area contributed by atoms with Crippen molar-refractivity contribution in [3.8, 4) is 5.75 Å². The fourth-order valence-electron chi connectivity index (χ4n) is 3.07. The molecular formula is C18H28N2O2. The van der Waals surface area contributed by atoms with Crippen molar-refractivity contribution in [2.75, 3.05) is 6.73 Å². The Balaban J connectivity index is 1.81. The molecule has 0 heterocycles. The summed E-state index contributed by atoms with van der Waals surface area (Å²) in [6.45, 7) is 8.53. The summed E-state index contributed by atoms with van der Waals surface area (Å²) in [7, 11) is 0. The van der Waals surface area contributed by atoms with Crippen LogP contribution in [0.3, 0.4) is 0 Å². The number of carbonyl (C=O) groups excluding carboxylic acids is 1. The molecule has 2 N–H and O–H groups in total. The van der Waals surface area contributed by atoms with Crippen LogP contribution in [0.1, 0.15) is 49.3 Å². The van der Waals surface area contributed by atoms with Crippen LogP contribution < -0.4 is 15.4 Å². The average molecular weight is 304 g/mol. The SMILES string of the molecule is Cc1ccc(C)c(OCNC(=O)NC2CCCCC2C)c1C. The van der Waals surface area contributed by atoms with E-state index in [0.29, 0.717) is 5.92 Å². The predicted octanol–water partition coefficient (Wildman–Crippen LogP) is 3.83. The molecule has 2 unspecified atom stereocenters. The van der Waals surface area contributed by atoms with Gasteiger partial charge < -0.3 is 15.4 Å². The van der Waals surface area contributed by atoms with Crippen LogP contribution in [0.5, 0.6) is 5.75 Å². The molecule has 0 aliphatic heterocycles. The van der Waals surface area contributed by atoms with Gasteiger partial charge in [0.15, 0.2) is 6.73 Å². The smallest absolute Gasteiger partial charge is 0.317 e. The molecule has 1 aliphatic carbocycles. The van der Waals surface area contributed by atoms with Gasteiger partial charge in [0.05, 0.1) is 0 Å². The zero-order valence-corrected chi connectivity index (χ0v) is 14.2. The van der Waals surface area contributed by atoms with Crippen molar-refractivity contribution < 1.29 is 9.53 Å². The molecule has 0 saturated heterocycles. The molecule has 2 rings (SSSR count). The second-order valence-electron chi connectivity index (χ2n) is 6.46. The van der Waals surface area contributed by atoms with E-state index in [1.165, 1.54) is 24.8 Å². The van der Waals surface area contributed by atoms with Gasteiger partial charge in [-0.2, -0.15) is 0 Å². The first-order valence-corrected chi connectivity index (χ1v) is 8.23. The van der Waals surface area contributed by atoms with Gasteiger partial charge in [-0.15, -0.1) is 0 Å². The Morgan fingerprint density at radius 1 is 1.18 bits per heavy atom. The minimum absolute atomic E-state index is 0.137. The largest absolute Gasteiger partial charge is 0.473 e. The Morgan fingerprint density at radius 2 is 1.86 bits per heavy atom. The minimum Gasteiger partial charge on any atom is -0.473 e. The standard InChI is InChI=1S/C18H28N2O2/c1-12-9-10-14(3)17(15(12)4)22-11-19-18(21)20-16-8-6-5-7-13(16)2/h9-10,13,16H,5-8,11H2,1-4H3,(H2,19,20,21). The molecule has 1 aliphatic rings. The highest BCUT2D eigenvalue weighted by atomic mass is 16.5. The lowest BCUT2D eigenvalue weighted by atomic mass is 9.86. The molecule has 0 bridgehead atoms. The highest BCUT2D eigenvalue weighted by Crippen LogP contribution is 2.25. The number of amides is 2. The summed E-state index contributed by atoms with van der Waals surface area (Å²) in [5, 5.41) is 5.87. The lowest BCUT2D eigenvalue weighted by Crippen LogP contribution is -2.46. The molecule has 2 atom stereocenters.